The van der Waals surface area contributed by atoms with Gasteiger partial charge in [-0.25, -0.2) is 0 Å². The molecule has 2 N–H and O–H groups in total. The van der Waals surface area contributed by atoms with Crippen molar-refractivity contribution < 1.29 is 34.0 Å². The maximum atomic E-state index is 11.5. The first-order valence-electron chi connectivity index (χ1n) is 11.1. The van der Waals surface area contributed by atoms with Gasteiger partial charge in [-0.3, -0.25) is 4.79 Å². The molecule has 8 nitrogen and oxygen atoms in total. The van der Waals surface area contributed by atoms with E-state index in [4.69, 9.17) is 24.1 Å². The van der Waals surface area contributed by atoms with Crippen LogP contribution in [0.1, 0.15) is 29.2 Å². The van der Waals surface area contributed by atoms with Gasteiger partial charge in [0.15, 0.2) is 11.5 Å². The van der Waals surface area contributed by atoms with E-state index >= 15 is 0 Å². The minimum Gasteiger partial charge on any atom is -0.496 e. The first-order valence-corrected chi connectivity index (χ1v) is 11.1. The Bertz CT molecular complexity index is 1110. The predicted molar refractivity (Wildman–Crippen MR) is 125 cm³/mol. The van der Waals surface area contributed by atoms with Gasteiger partial charge in [-0.2, -0.15) is 0 Å². The van der Waals surface area contributed by atoms with Gasteiger partial charge in [-0.15, -0.1) is 0 Å². The molecule has 180 valence electrons. The second-order valence-electron chi connectivity index (χ2n) is 8.39. The molecule has 0 saturated carbocycles. The fraction of sp³-hybridized carbons (Fsp3) is 0.346. The Hall–Kier alpha value is -3.65. The van der Waals surface area contributed by atoms with Gasteiger partial charge in [0, 0.05) is 36.8 Å². The van der Waals surface area contributed by atoms with E-state index in [1.165, 1.54) is 0 Å². The van der Waals surface area contributed by atoms with E-state index in [0.29, 0.717) is 47.1 Å². The van der Waals surface area contributed by atoms with Crippen LogP contribution in [0.15, 0.2) is 54.9 Å². The van der Waals surface area contributed by atoms with E-state index in [9.17, 15) is 9.90 Å². The van der Waals surface area contributed by atoms with Crippen LogP contribution in [0.25, 0.3) is 0 Å². The molecule has 2 heterocycles. The van der Waals surface area contributed by atoms with Crippen molar-refractivity contribution >= 4 is 5.97 Å². The number of hydrogen-bond acceptors (Lipinski definition) is 6. The average Bonchev–Trinajstić information content (AvgIpc) is 3.43. The molecule has 0 aliphatic carbocycles. The highest BCUT2D eigenvalue weighted by atomic mass is 16.7. The van der Waals surface area contributed by atoms with E-state index in [1.807, 2.05) is 54.1 Å². The van der Waals surface area contributed by atoms with E-state index < -0.39 is 18.4 Å². The summed E-state index contributed by atoms with van der Waals surface area (Å²) in [6.07, 6.45) is 2.51. The number of benzene rings is 2. The lowest BCUT2D eigenvalue weighted by atomic mass is 9.91. The lowest BCUT2D eigenvalue weighted by Crippen LogP contribution is -2.28. The quantitative estimate of drug-likeness (QED) is 0.465. The van der Waals surface area contributed by atoms with Crippen molar-refractivity contribution in [3.63, 3.8) is 0 Å². The first kappa shape index (κ1) is 23.5. The number of aromatic nitrogens is 1. The molecule has 0 amide bonds. The summed E-state index contributed by atoms with van der Waals surface area (Å²) < 4.78 is 24.8. The van der Waals surface area contributed by atoms with Gasteiger partial charge in [0.05, 0.1) is 26.7 Å². The van der Waals surface area contributed by atoms with Gasteiger partial charge in [-0.1, -0.05) is 12.1 Å². The molecule has 1 aliphatic rings. The van der Waals surface area contributed by atoms with Gasteiger partial charge in [0.2, 0.25) is 6.29 Å². The summed E-state index contributed by atoms with van der Waals surface area (Å²) >= 11 is 0. The second kappa shape index (κ2) is 10.1. The van der Waals surface area contributed by atoms with Crippen molar-refractivity contribution in [2.24, 2.45) is 5.92 Å². The first-order chi connectivity index (χ1) is 16.4. The van der Waals surface area contributed by atoms with Crippen LogP contribution in [0.5, 0.6) is 23.0 Å². The lowest BCUT2D eigenvalue weighted by molar-refractivity contribution is -0.136. The fourth-order valence-corrected chi connectivity index (χ4v) is 4.30. The van der Waals surface area contributed by atoms with E-state index in [0.717, 1.165) is 5.56 Å². The number of hydrogen-bond donors (Lipinski definition) is 2. The molecule has 2 aromatic carbocycles. The topological polar surface area (TPSA) is 99.4 Å². The number of aliphatic hydroxyl groups is 1. The Balaban J connectivity index is 1.60. The van der Waals surface area contributed by atoms with E-state index in [-0.39, 0.29) is 12.3 Å². The third kappa shape index (κ3) is 5.12. The number of para-hydroxylation sites is 2. The number of nitrogens with zero attached hydrogens (tertiary/aromatic N) is 1. The SMILES string of the molecule is COc1cc([C@@H](O)[C@H](CC2Oc3ccccc3O2)Cn2ccc(CC(=O)O)c2)cc(OC)c1C. The molecule has 2 atom stereocenters. The lowest BCUT2D eigenvalue weighted by Gasteiger charge is -2.27. The molecule has 34 heavy (non-hydrogen) atoms. The Morgan fingerprint density at radius 1 is 1.09 bits per heavy atom. The summed E-state index contributed by atoms with van der Waals surface area (Å²) in [5.41, 5.74) is 2.19. The number of carboxylic acid groups (broad SMARTS) is 1. The van der Waals surface area contributed by atoms with Crippen LogP contribution in [0.4, 0.5) is 0 Å². The maximum Gasteiger partial charge on any atom is 0.307 e. The highest BCUT2D eigenvalue weighted by Gasteiger charge is 2.32. The van der Waals surface area contributed by atoms with Crippen molar-refractivity contribution in [1.29, 1.82) is 0 Å². The minimum absolute atomic E-state index is 0.0588. The van der Waals surface area contributed by atoms with Gasteiger partial charge in [0.1, 0.15) is 11.5 Å². The van der Waals surface area contributed by atoms with Gasteiger partial charge in [0.25, 0.3) is 0 Å². The fourth-order valence-electron chi connectivity index (χ4n) is 4.30. The van der Waals surface area contributed by atoms with Crippen LogP contribution in [-0.2, 0) is 17.8 Å². The average molecular weight is 468 g/mol. The number of methoxy groups -OCH3 is 2. The number of carbonyl (C=O) groups is 1. The second-order valence-corrected chi connectivity index (χ2v) is 8.39. The number of rotatable bonds is 10. The van der Waals surface area contributed by atoms with Gasteiger partial charge in [-0.05, 0) is 48.4 Å². The van der Waals surface area contributed by atoms with Crippen LogP contribution in [-0.4, -0.2) is 41.3 Å². The molecule has 0 fully saturated rings. The van der Waals surface area contributed by atoms with Crippen LogP contribution in [0, 0.1) is 12.8 Å². The number of fused-ring (bicyclic) bond motifs is 1. The summed E-state index contributed by atoms with van der Waals surface area (Å²) in [7, 11) is 3.16. The standard InChI is InChI=1S/C26H29NO7/c1-16-22(31-2)11-18(12-23(16)32-3)26(30)19(15-27-9-8-17(14-27)10-24(28)29)13-25-33-20-6-4-5-7-21(20)34-25/h4-9,11-12,14,19,25-26,30H,10,13,15H2,1-3H3,(H,28,29)/t19-,26-/m1/s1. The molecule has 0 unspecified atom stereocenters. The van der Waals surface area contributed by atoms with Crippen molar-refractivity contribution in [3.05, 3.63) is 71.5 Å². The number of carboxylic acids is 1. The van der Waals surface area contributed by atoms with E-state index in [2.05, 4.69) is 0 Å². The van der Waals surface area contributed by atoms with Crippen LogP contribution in [0.2, 0.25) is 0 Å². The number of aliphatic hydroxyl groups excluding tert-OH is 1. The van der Waals surface area contributed by atoms with Crippen molar-refractivity contribution in [3.8, 4) is 23.0 Å². The summed E-state index contributed by atoms with van der Waals surface area (Å²) in [5.74, 6) is 1.38. The van der Waals surface area contributed by atoms with Crippen LogP contribution >= 0.6 is 0 Å². The van der Waals surface area contributed by atoms with E-state index in [1.54, 1.807) is 26.5 Å². The zero-order valence-electron chi connectivity index (χ0n) is 19.4. The van der Waals surface area contributed by atoms with Crippen molar-refractivity contribution in [1.82, 2.24) is 4.57 Å². The summed E-state index contributed by atoms with van der Waals surface area (Å²) in [6, 6.07) is 12.9. The Kier molecular flexibility index (Phi) is 6.98. The molecule has 3 aromatic rings. The number of aliphatic carboxylic acids is 1. The smallest absolute Gasteiger partial charge is 0.307 e. The van der Waals surface area contributed by atoms with Crippen LogP contribution < -0.4 is 18.9 Å². The maximum absolute atomic E-state index is 11.5. The Morgan fingerprint density at radius 2 is 1.71 bits per heavy atom. The highest BCUT2D eigenvalue weighted by molar-refractivity contribution is 5.70. The third-order valence-corrected chi connectivity index (χ3v) is 6.04. The van der Waals surface area contributed by atoms with Crippen LogP contribution in [0.3, 0.4) is 0 Å². The summed E-state index contributed by atoms with van der Waals surface area (Å²) in [6.45, 7) is 2.32. The molecular formula is C26H29NO7. The minimum atomic E-state index is -0.890. The summed E-state index contributed by atoms with van der Waals surface area (Å²) in [5, 5.41) is 20.6. The summed E-state index contributed by atoms with van der Waals surface area (Å²) in [4.78, 5) is 11.1. The number of ether oxygens (including phenoxy) is 4. The molecule has 8 heteroatoms. The molecule has 4 rings (SSSR count). The molecule has 1 aromatic heterocycles. The highest BCUT2D eigenvalue weighted by Crippen LogP contribution is 2.39. The molecular weight excluding hydrogens is 438 g/mol. The molecule has 0 bridgehead atoms. The third-order valence-electron chi connectivity index (χ3n) is 6.04. The zero-order chi connectivity index (χ0) is 24.2. The zero-order valence-corrected chi connectivity index (χ0v) is 19.4. The predicted octanol–water partition coefficient (Wildman–Crippen LogP) is 3.98. The Labute approximate surface area is 198 Å². The largest absolute Gasteiger partial charge is 0.496 e. The molecule has 0 spiro atoms. The monoisotopic (exact) mass is 467 g/mol. The van der Waals surface area contributed by atoms with Gasteiger partial charge < -0.3 is 33.7 Å². The van der Waals surface area contributed by atoms with Crippen molar-refractivity contribution in [2.75, 3.05) is 14.2 Å². The Morgan fingerprint density at radius 3 is 2.26 bits per heavy atom. The molecule has 0 saturated heterocycles. The normalized spacial score (nSPS) is 14.6. The molecule has 1 aliphatic heterocycles. The van der Waals surface area contributed by atoms with Crippen molar-refractivity contribution in [2.45, 2.75) is 38.7 Å². The van der Waals surface area contributed by atoms with Gasteiger partial charge >= 0.3 is 5.97 Å². The molecule has 0 radical (unpaired) electrons.